The maximum Gasteiger partial charge on any atom is 0.254 e. The molecule has 1 saturated heterocycles. The molecule has 2 rings (SSSR count). The maximum absolute atomic E-state index is 12.0. The number of carbonyl (C=O) groups excluding carboxylic acids is 1. The Morgan fingerprint density at radius 2 is 2.25 bits per heavy atom. The third kappa shape index (κ3) is 3.45. The Morgan fingerprint density at radius 1 is 1.44 bits per heavy atom. The van der Waals surface area contributed by atoms with Crippen LogP contribution in [0, 0.1) is 0 Å². The summed E-state index contributed by atoms with van der Waals surface area (Å²) in [7, 11) is 0. The first-order chi connectivity index (χ1) is 7.27. The van der Waals surface area contributed by atoms with Crippen LogP contribution in [0.3, 0.4) is 0 Å². The summed E-state index contributed by atoms with van der Waals surface area (Å²) in [6, 6.07) is 1.89. The van der Waals surface area contributed by atoms with Gasteiger partial charge in [0.15, 0.2) is 0 Å². The summed E-state index contributed by atoms with van der Waals surface area (Å²) in [5.74, 6) is 0.153. The van der Waals surface area contributed by atoms with Crippen LogP contribution in [0.4, 0.5) is 0 Å². The van der Waals surface area contributed by atoms with Gasteiger partial charge in [0.05, 0.1) is 9.35 Å². The van der Waals surface area contributed by atoms with Crippen molar-refractivity contribution in [2.24, 2.45) is 0 Å². The van der Waals surface area contributed by atoms with Crippen molar-refractivity contribution >= 4 is 45.6 Å². The maximum atomic E-state index is 12.0. The number of halogens is 2. The third-order valence-electron chi connectivity index (χ3n) is 2.44. The van der Waals surface area contributed by atoms with Crippen LogP contribution < -0.4 is 5.32 Å². The van der Waals surface area contributed by atoms with Crippen LogP contribution in [0.1, 0.15) is 16.8 Å². The van der Waals surface area contributed by atoms with E-state index in [0.29, 0.717) is 0 Å². The van der Waals surface area contributed by atoms with Gasteiger partial charge in [0, 0.05) is 25.0 Å². The Morgan fingerprint density at radius 3 is 2.94 bits per heavy atom. The largest absolute Gasteiger partial charge is 0.337 e. The summed E-state index contributed by atoms with van der Waals surface area (Å²) in [6.07, 6.45) is 1.04. The van der Waals surface area contributed by atoms with Gasteiger partial charge in [-0.05, 0) is 35.0 Å². The summed E-state index contributed by atoms with van der Waals surface area (Å²) in [4.78, 5) is 14.0. The average Bonchev–Trinajstić information content (AvgIpc) is 2.53. The molecule has 0 aromatic carbocycles. The predicted molar refractivity (Wildman–Crippen MR) is 72.7 cm³/mol. The van der Waals surface area contributed by atoms with Crippen molar-refractivity contribution in [2.75, 3.05) is 26.2 Å². The smallest absolute Gasteiger partial charge is 0.254 e. The monoisotopic (exact) mass is 324 g/mol. The van der Waals surface area contributed by atoms with E-state index >= 15 is 0 Å². The van der Waals surface area contributed by atoms with Crippen LogP contribution in [0.25, 0.3) is 0 Å². The van der Waals surface area contributed by atoms with E-state index < -0.39 is 0 Å². The van der Waals surface area contributed by atoms with Crippen LogP contribution in [-0.4, -0.2) is 37.0 Å². The number of hydrogen-bond donors (Lipinski definition) is 1. The molecule has 0 bridgehead atoms. The lowest BCUT2D eigenvalue weighted by molar-refractivity contribution is 0.0767. The van der Waals surface area contributed by atoms with E-state index in [1.165, 1.54) is 0 Å². The molecular formula is C10H14BrClN2OS. The molecule has 1 N–H and O–H groups in total. The molecule has 3 nitrogen and oxygen atoms in total. The standard InChI is InChI=1S/C10H13BrN2OS.ClH/c11-9-6-8(7-15-9)10(14)13-4-1-2-12-3-5-13;/h6-7,12H,1-5H2;1H. The van der Waals surface area contributed by atoms with Crippen LogP contribution in [0.15, 0.2) is 15.2 Å². The van der Waals surface area contributed by atoms with Gasteiger partial charge in [0.2, 0.25) is 0 Å². The van der Waals surface area contributed by atoms with Crippen molar-refractivity contribution in [2.45, 2.75) is 6.42 Å². The van der Waals surface area contributed by atoms with Gasteiger partial charge in [0.25, 0.3) is 5.91 Å². The Hall–Kier alpha value is -0.100. The van der Waals surface area contributed by atoms with Crippen LogP contribution in [-0.2, 0) is 0 Å². The van der Waals surface area contributed by atoms with E-state index in [0.717, 1.165) is 41.9 Å². The van der Waals surface area contributed by atoms with Gasteiger partial charge in [-0.3, -0.25) is 4.79 Å². The Labute approximate surface area is 114 Å². The quantitative estimate of drug-likeness (QED) is 0.860. The lowest BCUT2D eigenvalue weighted by Crippen LogP contribution is -2.33. The predicted octanol–water partition coefficient (Wildman–Crippen LogP) is 2.37. The van der Waals surface area contributed by atoms with Crippen molar-refractivity contribution in [1.82, 2.24) is 10.2 Å². The number of amides is 1. The molecule has 16 heavy (non-hydrogen) atoms. The molecule has 90 valence electrons. The van der Waals surface area contributed by atoms with Crippen molar-refractivity contribution in [3.8, 4) is 0 Å². The molecule has 0 saturated carbocycles. The van der Waals surface area contributed by atoms with Crippen molar-refractivity contribution in [1.29, 1.82) is 0 Å². The molecule has 1 aliphatic rings. The highest BCUT2D eigenvalue weighted by Crippen LogP contribution is 2.21. The summed E-state index contributed by atoms with van der Waals surface area (Å²) in [6.45, 7) is 3.58. The fourth-order valence-electron chi connectivity index (χ4n) is 1.65. The average molecular weight is 326 g/mol. The number of nitrogens with zero attached hydrogens (tertiary/aromatic N) is 1. The third-order valence-corrected chi connectivity index (χ3v) is 3.95. The van der Waals surface area contributed by atoms with Crippen LogP contribution >= 0.6 is 39.7 Å². The minimum absolute atomic E-state index is 0. The Balaban J connectivity index is 0.00000128. The molecule has 1 aromatic rings. The second-order valence-corrected chi connectivity index (χ2v) is 5.83. The van der Waals surface area contributed by atoms with E-state index in [4.69, 9.17) is 0 Å². The fourth-order valence-corrected chi connectivity index (χ4v) is 2.78. The molecule has 1 aromatic heterocycles. The van der Waals surface area contributed by atoms with Gasteiger partial charge < -0.3 is 10.2 Å². The topological polar surface area (TPSA) is 32.3 Å². The summed E-state index contributed by atoms with van der Waals surface area (Å²) in [5, 5.41) is 5.20. The van der Waals surface area contributed by atoms with E-state index in [2.05, 4.69) is 21.2 Å². The second-order valence-electron chi connectivity index (χ2n) is 3.54. The summed E-state index contributed by atoms with van der Waals surface area (Å²) < 4.78 is 1.01. The normalized spacial score (nSPS) is 16.4. The number of nitrogens with one attached hydrogen (secondary N) is 1. The number of carbonyl (C=O) groups is 1. The van der Waals surface area contributed by atoms with Crippen molar-refractivity contribution < 1.29 is 4.79 Å². The molecule has 0 aliphatic carbocycles. The minimum Gasteiger partial charge on any atom is -0.337 e. The first-order valence-corrected chi connectivity index (χ1v) is 6.68. The summed E-state index contributed by atoms with van der Waals surface area (Å²) >= 11 is 4.93. The molecule has 2 heterocycles. The van der Waals surface area contributed by atoms with Gasteiger partial charge in [-0.1, -0.05) is 0 Å². The Kier molecular flexibility index (Phi) is 5.75. The minimum atomic E-state index is 0. The number of hydrogen-bond acceptors (Lipinski definition) is 3. The highest BCUT2D eigenvalue weighted by molar-refractivity contribution is 9.11. The van der Waals surface area contributed by atoms with Gasteiger partial charge >= 0.3 is 0 Å². The van der Waals surface area contributed by atoms with Gasteiger partial charge in [0.1, 0.15) is 0 Å². The highest BCUT2D eigenvalue weighted by atomic mass is 79.9. The van der Waals surface area contributed by atoms with Gasteiger partial charge in [-0.25, -0.2) is 0 Å². The zero-order chi connectivity index (χ0) is 10.7. The van der Waals surface area contributed by atoms with Crippen molar-refractivity contribution in [3.05, 3.63) is 20.8 Å². The molecule has 0 atom stereocenters. The SMILES string of the molecule is Cl.O=C(c1csc(Br)c1)N1CCCNCC1. The molecule has 0 spiro atoms. The first-order valence-electron chi connectivity index (χ1n) is 5.01. The molecule has 1 aliphatic heterocycles. The van der Waals surface area contributed by atoms with E-state index in [-0.39, 0.29) is 18.3 Å². The lowest BCUT2D eigenvalue weighted by Gasteiger charge is -2.18. The van der Waals surface area contributed by atoms with E-state index in [1.807, 2.05) is 16.3 Å². The molecule has 0 radical (unpaired) electrons. The van der Waals surface area contributed by atoms with Crippen LogP contribution in [0.2, 0.25) is 0 Å². The van der Waals surface area contributed by atoms with Gasteiger partial charge in [-0.2, -0.15) is 0 Å². The molecule has 0 unspecified atom stereocenters. The molecular weight excluding hydrogens is 312 g/mol. The summed E-state index contributed by atoms with van der Waals surface area (Å²) in [5.41, 5.74) is 0.800. The number of rotatable bonds is 1. The molecule has 6 heteroatoms. The van der Waals surface area contributed by atoms with E-state index in [9.17, 15) is 4.79 Å². The zero-order valence-corrected chi connectivity index (χ0v) is 12.0. The first kappa shape index (κ1) is 14.0. The Bertz CT molecular complexity index is 350. The highest BCUT2D eigenvalue weighted by Gasteiger charge is 2.17. The number of thiophene rings is 1. The molecule has 1 fully saturated rings. The second kappa shape index (κ2) is 6.59. The van der Waals surface area contributed by atoms with Crippen molar-refractivity contribution in [3.63, 3.8) is 0 Å². The van der Waals surface area contributed by atoms with Crippen LogP contribution in [0.5, 0.6) is 0 Å². The van der Waals surface area contributed by atoms with E-state index in [1.54, 1.807) is 11.3 Å². The lowest BCUT2D eigenvalue weighted by atomic mass is 10.3. The fraction of sp³-hybridized carbons (Fsp3) is 0.500. The zero-order valence-electron chi connectivity index (χ0n) is 8.74. The molecule has 1 amide bonds. The van der Waals surface area contributed by atoms with Gasteiger partial charge in [-0.15, -0.1) is 23.7 Å².